The normalized spacial score (nSPS) is 17.9. The first-order valence-electron chi connectivity index (χ1n) is 12.3. The Morgan fingerprint density at radius 1 is 1.21 bits per heavy atom. The van der Waals surface area contributed by atoms with Crippen molar-refractivity contribution in [1.82, 2.24) is 24.7 Å². The summed E-state index contributed by atoms with van der Waals surface area (Å²) in [4.78, 5) is 33.3. The number of benzene rings is 1. The summed E-state index contributed by atoms with van der Waals surface area (Å²) < 4.78 is 56.8. The van der Waals surface area contributed by atoms with Crippen LogP contribution in [0.4, 0.5) is 29.1 Å². The Morgan fingerprint density at radius 2 is 2.00 bits per heavy atom. The van der Waals surface area contributed by atoms with Gasteiger partial charge in [-0.3, -0.25) is 14.6 Å². The molecule has 5 rings (SSSR count). The van der Waals surface area contributed by atoms with Crippen molar-refractivity contribution >= 4 is 22.3 Å². The van der Waals surface area contributed by atoms with Crippen LogP contribution in [-0.2, 0) is 12.7 Å². The Kier molecular flexibility index (Phi) is 6.83. The number of hydrogen-bond acceptors (Lipinski definition) is 7. The van der Waals surface area contributed by atoms with E-state index in [2.05, 4.69) is 20.4 Å². The van der Waals surface area contributed by atoms with E-state index in [9.17, 15) is 22.8 Å². The maximum atomic E-state index is 15.0. The number of aromatic amines is 1. The van der Waals surface area contributed by atoms with Gasteiger partial charge in [0, 0.05) is 24.3 Å². The van der Waals surface area contributed by atoms with Gasteiger partial charge in [-0.25, -0.2) is 14.5 Å². The molecule has 0 bridgehead atoms. The van der Waals surface area contributed by atoms with E-state index in [1.807, 2.05) is 5.10 Å². The highest BCUT2D eigenvalue weighted by Crippen LogP contribution is 2.34. The molecule has 0 radical (unpaired) electrons. The quantitative estimate of drug-likeness (QED) is 0.321. The van der Waals surface area contributed by atoms with Gasteiger partial charge in [-0.15, -0.1) is 0 Å². The summed E-state index contributed by atoms with van der Waals surface area (Å²) in [5.41, 5.74) is 3.41. The highest BCUT2D eigenvalue weighted by atomic mass is 19.4. The Balaban J connectivity index is 1.36. The smallest absolute Gasteiger partial charge is 0.382 e. The number of nitrogens with zero attached hydrogens (tertiary/aromatic N) is 4. The molecule has 4 N–H and O–H groups in total. The number of nitrogen functional groups attached to an aromatic ring is 1. The van der Waals surface area contributed by atoms with Crippen molar-refractivity contribution in [3.8, 4) is 11.3 Å². The molecule has 0 saturated heterocycles. The maximum absolute atomic E-state index is 15.0. The fraction of sp³-hybridized carbons (Fsp3) is 0.346. The van der Waals surface area contributed by atoms with Crippen LogP contribution in [0.3, 0.4) is 0 Å². The molecule has 0 aliphatic heterocycles. The zero-order valence-electron chi connectivity index (χ0n) is 20.8. The van der Waals surface area contributed by atoms with E-state index >= 15 is 4.39 Å². The first kappa shape index (κ1) is 26.3. The van der Waals surface area contributed by atoms with Crippen LogP contribution in [0.25, 0.3) is 22.0 Å². The highest BCUT2D eigenvalue weighted by molar-refractivity contribution is 5.86. The minimum absolute atomic E-state index is 0.0226. The Labute approximate surface area is 219 Å². The van der Waals surface area contributed by atoms with E-state index in [4.69, 9.17) is 5.73 Å². The molecule has 1 aromatic carbocycles. The summed E-state index contributed by atoms with van der Waals surface area (Å²) in [5, 5.41) is 8.88. The third-order valence-electron chi connectivity index (χ3n) is 7.07. The van der Waals surface area contributed by atoms with Gasteiger partial charge >= 0.3 is 6.18 Å². The largest absolute Gasteiger partial charge is 0.423 e. The molecule has 13 heteroatoms. The zero-order valence-corrected chi connectivity index (χ0v) is 20.8. The molecule has 4 aromatic rings. The van der Waals surface area contributed by atoms with Crippen LogP contribution in [-0.4, -0.2) is 30.8 Å². The highest BCUT2D eigenvalue weighted by Gasteiger charge is 2.38. The minimum Gasteiger partial charge on any atom is -0.382 e. The topological polar surface area (TPSA) is 132 Å². The molecule has 0 amide bonds. The number of H-pyrrole nitrogens is 1. The summed E-state index contributed by atoms with van der Waals surface area (Å²) in [7, 11) is 0. The number of aromatic nitrogens is 5. The zero-order chi connectivity index (χ0) is 27.9. The number of fused-ring (bicyclic) bond motifs is 1. The molecule has 1 aliphatic rings. The lowest BCUT2D eigenvalue weighted by molar-refractivity contribution is -0.138. The average Bonchev–Trinajstić information content (AvgIpc) is 2.87. The van der Waals surface area contributed by atoms with Crippen LogP contribution in [0.2, 0.25) is 0 Å². The lowest BCUT2D eigenvalue weighted by Crippen LogP contribution is -2.33. The number of hydrogen-bond donors (Lipinski definition) is 3. The molecular formula is C26H25F4N7O2. The summed E-state index contributed by atoms with van der Waals surface area (Å²) in [5.74, 6) is -0.470. The number of pyridine rings is 1. The van der Waals surface area contributed by atoms with Gasteiger partial charge in [-0.1, -0.05) is 6.42 Å². The Bertz CT molecular complexity index is 1670. The van der Waals surface area contributed by atoms with Gasteiger partial charge in [0.1, 0.15) is 17.2 Å². The molecule has 1 saturated carbocycles. The summed E-state index contributed by atoms with van der Waals surface area (Å²) in [6.45, 7) is 2.01. The predicted molar refractivity (Wildman–Crippen MR) is 138 cm³/mol. The van der Waals surface area contributed by atoms with Crippen LogP contribution in [0.5, 0.6) is 0 Å². The van der Waals surface area contributed by atoms with Crippen molar-refractivity contribution in [2.45, 2.75) is 51.4 Å². The van der Waals surface area contributed by atoms with Crippen molar-refractivity contribution in [2.24, 2.45) is 5.92 Å². The fourth-order valence-electron chi connectivity index (χ4n) is 5.11. The van der Waals surface area contributed by atoms with Crippen LogP contribution in [0.1, 0.15) is 36.9 Å². The second-order valence-electron chi connectivity index (χ2n) is 9.78. The molecule has 9 nitrogen and oxygen atoms in total. The van der Waals surface area contributed by atoms with Gasteiger partial charge in [0.2, 0.25) is 0 Å². The molecule has 0 spiro atoms. The van der Waals surface area contributed by atoms with Crippen LogP contribution in [0, 0.1) is 18.7 Å². The van der Waals surface area contributed by atoms with Gasteiger partial charge in [0.25, 0.3) is 11.1 Å². The SMILES string of the molecule is Cc1ncc(-c2cc3ccn(C[C@@H]4CCC[C@H](Nc5cn[nH]c(=O)c5C(F)(F)F)C4)c(=O)c3cc2F)nc1N. The van der Waals surface area contributed by atoms with Gasteiger partial charge < -0.3 is 15.6 Å². The fourth-order valence-corrected chi connectivity index (χ4v) is 5.11. The lowest BCUT2D eigenvalue weighted by Gasteiger charge is -2.31. The molecule has 3 aromatic heterocycles. The van der Waals surface area contributed by atoms with Crippen molar-refractivity contribution in [1.29, 1.82) is 0 Å². The minimum atomic E-state index is -4.83. The molecular weight excluding hydrogens is 518 g/mol. The molecule has 3 heterocycles. The van der Waals surface area contributed by atoms with Crippen molar-refractivity contribution in [3.63, 3.8) is 0 Å². The number of nitrogens with one attached hydrogen (secondary N) is 2. The van der Waals surface area contributed by atoms with Crippen LogP contribution >= 0.6 is 0 Å². The number of nitrogens with two attached hydrogens (primary N) is 1. The van der Waals surface area contributed by atoms with E-state index in [-0.39, 0.29) is 45.7 Å². The second kappa shape index (κ2) is 10.1. The number of rotatable bonds is 5. The van der Waals surface area contributed by atoms with E-state index in [0.717, 1.165) is 19.0 Å². The number of aryl methyl sites for hydroxylation is 1. The van der Waals surface area contributed by atoms with Gasteiger partial charge in [-0.2, -0.15) is 18.3 Å². The van der Waals surface area contributed by atoms with E-state index in [0.29, 0.717) is 30.5 Å². The van der Waals surface area contributed by atoms with Gasteiger partial charge in [-0.05, 0) is 55.7 Å². The summed E-state index contributed by atoms with van der Waals surface area (Å²) in [6.07, 6.45) is 1.75. The van der Waals surface area contributed by atoms with Gasteiger partial charge in [0.05, 0.1) is 34.9 Å². The van der Waals surface area contributed by atoms with Crippen molar-refractivity contribution in [2.75, 3.05) is 11.1 Å². The molecule has 2 atom stereocenters. The number of alkyl halides is 3. The predicted octanol–water partition coefficient (Wildman–Crippen LogP) is 4.26. The second-order valence-corrected chi connectivity index (χ2v) is 9.78. The van der Waals surface area contributed by atoms with Crippen LogP contribution < -0.4 is 22.2 Å². The summed E-state index contributed by atoms with van der Waals surface area (Å²) >= 11 is 0. The van der Waals surface area contributed by atoms with Crippen molar-refractivity contribution < 1.29 is 17.6 Å². The lowest BCUT2D eigenvalue weighted by atomic mass is 9.85. The first-order chi connectivity index (χ1) is 18.5. The molecule has 1 fully saturated rings. The first-order valence-corrected chi connectivity index (χ1v) is 12.3. The monoisotopic (exact) mass is 543 g/mol. The molecule has 39 heavy (non-hydrogen) atoms. The van der Waals surface area contributed by atoms with E-state index < -0.39 is 23.1 Å². The summed E-state index contributed by atoms with van der Waals surface area (Å²) in [6, 6.07) is 4.07. The van der Waals surface area contributed by atoms with Crippen molar-refractivity contribution in [3.05, 3.63) is 74.6 Å². The van der Waals surface area contributed by atoms with E-state index in [1.54, 1.807) is 19.2 Å². The molecule has 0 unspecified atom stereocenters. The number of anilines is 2. The standard InChI is InChI=1S/C26H25F4N7O2/c1-13-23(31)35-20(10-32-13)18-8-15-5-6-37(25(39)17(15)9-19(18)27)12-14-3-2-4-16(7-14)34-21-11-33-36-24(38)22(21)26(28,29)30/h5-6,8-11,14,16H,2-4,7,12H2,1H3,(H2,31,35)(H2,34,36,38)/t14-,16+/m1/s1. The van der Waals surface area contributed by atoms with E-state index in [1.165, 1.54) is 22.9 Å². The van der Waals surface area contributed by atoms with Crippen LogP contribution in [0.15, 0.2) is 46.4 Å². The number of halogens is 4. The molecule has 1 aliphatic carbocycles. The Morgan fingerprint density at radius 3 is 2.74 bits per heavy atom. The maximum Gasteiger partial charge on any atom is 0.423 e. The third kappa shape index (κ3) is 5.33. The van der Waals surface area contributed by atoms with Gasteiger partial charge in [0.15, 0.2) is 0 Å². The average molecular weight is 544 g/mol. The Hall–Kier alpha value is -4.29. The third-order valence-corrected chi connectivity index (χ3v) is 7.07. The molecule has 204 valence electrons.